The van der Waals surface area contributed by atoms with Gasteiger partial charge in [0.15, 0.2) is 0 Å². The van der Waals surface area contributed by atoms with Crippen LogP contribution in [0.1, 0.15) is 35.7 Å². The van der Waals surface area contributed by atoms with Gasteiger partial charge in [-0.1, -0.05) is 24.3 Å². The predicted octanol–water partition coefficient (Wildman–Crippen LogP) is 2.73. The Labute approximate surface area is 178 Å². The number of amides is 1. The molecule has 0 radical (unpaired) electrons. The van der Waals surface area contributed by atoms with Gasteiger partial charge in [0.2, 0.25) is 0 Å². The third kappa shape index (κ3) is 4.27. The molecule has 4 rings (SSSR count). The molecule has 6 nitrogen and oxygen atoms in total. The van der Waals surface area contributed by atoms with Crippen molar-refractivity contribution in [1.29, 1.82) is 0 Å². The predicted molar refractivity (Wildman–Crippen MR) is 116 cm³/mol. The molecule has 156 valence electrons. The van der Waals surface area contributed by atoms with Crippen molar-refractivity contribution in [1.82, 2.24) is 10.6 Å². The van der Waals surface area contributed by atoms with Crippen LogP contribution in [0.3, 0.4) is 0 Å². The van der Waals surface area contributed by atoms with Crippen LogP contribution in [-0.4, -0.2) is 39.5 Å². The second-order valence-corrected chi connectivity index (χ2v) is 9.34. The molecule has 2 aromatic rings. The van der Waals surface area contributed by atoms with Crippen LogP contribution in [0.25, 0.3) is 0 Å². The van der Waals surface area contributed by atoms with Crippen molar-refractivity contribution in [2.45, 2.75) is 43.2 Å². The summed E-state index contributed by atoms with van der Waals surface area (Å²) in [5, 5.41) is 6.26. The average molecular weight is 436 g/mol. The van der Waals surface area contributed by atoms with E-state index in [4.69, 9.17) is 0 Å². The normalized spacial score (nSPS) is 21.2. The highest BCUT2D eigenvalue weighted by Crippen LogP contribution is 2.36. The smallest absolute Gasteiger partial charge is 0.264 e. The summed E-state index contributed by atoms with van der Waals surface area (Å²) in [5.74, 6) is -0.236. The number of hydrogen-bond acceptors (Lipinski definition) is 4. The summed E-state index contributed by atoms with van der Waals surface area (Å²) in [6.45, 7) is 3.62. The van der Waals surface area contributed by atoms with Gasteiger partial charge >= 0.3 is 0 Å². The molecule has 0 bridgehead atoms. The van der Waals surface area contributed by atoms with Crippen LogP contribution in [0, 0.1) is 0 Å². The maximum Gasteiger partial charge on any atom is 0.264 e. The van der Waals surface area contributed by atoms with Crippen LogP contribution < -0.4 is 14.9 Å². The van der Waals surface area contributed by atoms with Crippen molar-refractivity contribution in [3.63, 3.8) is 0 Å². The van der Waals surface area contributed by atoms with E-state index >= 15 is 0 Å². The number of carbonyl (C=O) groups is 1. The third-order valence-corrected chi connectivity index (χ3v) is 7.35. The summed E-state index contributed by atoms with van der Waals surface area (Å²) in [6.07, 6.45) is 2.63. The molecule has 2 atom stereocenters. The summed E-state index contributed by atoms with van der Waals surface area (Å²) in [5.41, 5.74) is 2.11. The number of halogens is 1. The molecule has 2 heterocycles. The third-order valence-electron chi connectivity index (χ3n) is 5.43. The minimum absolute atomic E-state index is 0. The van der Waals surface area contributed by atoms with Crippen molar-refractivity contribution in [2.24, 2.45) is 0 Å². The molecule has 0 saturated carbocycles. The second kappa shape index (κ2) is 8.73. The summed E-state index contributed by atoms with van der Waals surface area (Å²) in [4.78, 5) is 12.8. The van der Waals surface area contributed by atoms with Crippen molar-refractivity contribution in [2.75, 3.05) is 17.4 Å². The van der Waals surface area contributed by atoms with E-state index in [0.717, 1.165) is 37.2 Å². The van der Waals surface area contributed by atoms with E-state index in [-0.39, 0.29) is 35.3 Å². The zero-order valence-electron chi connectivity index (χ0n) is 16.3. The van der Waals surface area contributed by atoms with Crippen molar-refractivity contribution < 1.29 is 13.2 Å². The van der Waals surface area contributed by atoms with Crippen LogP contribution in [-0.2, 0) is 16.4 Å². The van der Waals surface area contributed by atoms with Gasteiger partial charge < -0.3 is 10.6 Å². The van der Waals surface area contributed by atoms with Crippen molar-refractivity contribution in [3.8, 4) is 0 Å². The van der Waals surface area contributed by atoms with Gasteiger partial charge in [0.05, 0.1) is 10.6 Å². The maximum atomic E-state index is 13.4. The Morgan fingerprint density at radius 3 is 2.72 bits per heavy atom. The number of fused-ring (bicyclic) bond motifs is 1. The van der Waals surface area contributed by atoms with Crippen LogP contribution in [0.2, 0.25) is 0 Å². The molecule has 2 unspecified atom stereocenters. The zero-order valence-corrected chi connectivity index (χ0v) is 17.9. The highest BCUT2D eigenvalue weighted by atomic mass is 35.5. The van der Waals surface area contributed by atoms with Crippen molar-refractivity contribution >= 4 is 34.0 Å². The Morgan fingerprint density at radius 2 is 1.97 bits per heavy atom. The molecule has 2 aliphatic heterocycles. The first-order valence-electron chi connectivity index (χ1n) is 9.71. The maximum absolute atomic E-state index is 13.4. The van der Waals surface area contributed by atoms with Crippen molar-refractivity contribution in [3.05, 3.63) is 59.7 Å². The molecule has 2 N–H and O–H groups in total. The summed E-state index contributed by atoms with van der Waals surface area (Å²) in [6, 6.07) is 13.8. The van der Waals surface area contributed by atoms with Crippen LogP contribution in [0.15, 0.2) is 53.4 Å². The van der Waals surface area contributed by atoms with Crippen LogP contribution in [0.5, 0.6) is 0 Å². The van der Waals surface area contributed by atoms with E-state index in [0.29, 0.717) is 12.0 Å². The largest absolute Gasteiger partial charge is 0.348 e. The topological polar surface area (TPSA) is 78.5 Å². The zero-order chi connectivity index (χ0) is 19.7. The fraction of sp³-hybridized carbons (Fsp3) is 0.381. The van der Waals surface area contributed by atoms with Gasteiger partial charge in [0.1, 0.15) is 0 Å². The summed E-state index contributed by atoms with van der Waals surface area (Å²) in [7, 11) is -3.75. The van der Waals surface area contributed by atoms with E-state index < -0.39 is 10.0 Å². The van der Waals surface area contributed by atoms with Gasteiger partial charge in [-0.2, -0.15) is 0 Å². The number of anilines is 1. The molecule has 0 aromatic heterocycles. The first kappa shape index (κ1) is 21.6. The Bertz CT molecular complexity index is 990. The molecule has 29 heavy (non-hydrogen) atoms. The quantitative estimate of drug-likeness (QED) is 0.774. The molecule has 8 heteroatoms. The van der Waals surface area contributed by atoms with Gasteiger partial charge in [-0.3, -0.25) is 9.10 Å². The molecular weight excluding hydrogens is 410 g/mol. The van der Waals surface area contributed by atoms with Gasteiger partial charge in [-0.15, -0.1) is 12.4 Å². The number of piperidine rings is 1. The first-order valence-corrected chi connectivity index (χ1v) is 11.1. The van der Waals surface area contributed by atoms with Gasteiger partial charge in [0, 0.05) is 24.2 Å². The van der Waals surface area contributed by atoms with E-state index in [1.165, 1.54) is 10.4 Å². The lowest BCUT2D eigenvalue weighted by Gasteiger charge is -2.25. The Hall–Kier alpha value is -2.09. The number of hydrogen-bond donors (Lipinski definition) is 2. The van der Waals surface area contributed by atoms with E-state index in [9.17, 15) is 13.2 Å². The fourth-order valence-electron chi connectivity index (χ4n) is 4.06. The molecule has 0 aliphatic carbocycles. The van der Waals surface area contributed by atoms with Gasteiger partial charge in [-0.25, -0.2) is 8.42 Å². The minimum Gasteiger partial charge on any atom is -0.348 e. The number of rotatable bonds is 4. The molecule has 1 fully saturated rings. The number of carbonyl (C=O) groups excluding carboxylic acids is 1. The highest BCUT2D eigenvalue weighted by Gasteiger charge is 2.36. The lowest BCUT2D eigenvalue weighted by molar-refractivity contribution is 0.0930. The Morgan fingerprint density at radius 1 is 1.17 bits per heavy atom. The fourth-order valence-corrected chi connectivity index (χ4v) is 5.80. The summed E-state index contributed by atoms with van der Waals surface area (Å²) >= 11 is 0. The van der Waals surface area contributed by atoms with Gasteiger partial charge in [-0.05, 0) is 62.6 Å². The van der Waals surface area contributed by atoms with Crippen LogP contribution >= 0.6 is 12.4 Å². The number of nitrogens with one attached hydrogen (secondary N) is 2. The second-order valence-electron chi connectivity index (χ2n) is 7.53. The molecule has 2 aliphatic rings. The molecular formula is C21H26ClN3O3S. The Kier molecular flexibility index (Phi) is 6.51. The molecule has 2 aromatic carbocycles. The molecule has 1 saturated heterocycles. The first-order chi connectivity index (χ1) is 13.5. The number of sulfonamides is 1. The number of benzene rings is 2. The van der Waals surface area contributed by atoms with E-state index in [1.54, 1.807) is 18.2 Å². The van der Waals surface area contributed by atoms with E-state index in [2.05, 4.69) is 10.6 Å². The lowest BCUT2D eigenvalue weighted by atomic mass is 10.1. The number of para-hydroxylation sites is 1. The lowest BCUT2D eigenvalue weighted by Crippen LogP contribution is -2.45. The van der Waals surface area contributed by atoms with Gasteiger partial charge in [0.25, 0.3) is 15.9 Å². The number of nitrogens with zero attached hydrogens (tertiary/aromatic N) is 1. The standard InChI is InChI=1S/C21H25N3O3S.ClH/c1-15-12-16-6-2-3-10-20(16)24(15)28(26,27)19-9-4-7-17(13-19)21(25)23-18-8-5-11-22-14-18;/h2-4,6-7,9-10,13,15,18,22H,5,8,11-12,14H2,1H3,(H,23,25);1H. The van der Waals surface area contributed by atoms with E-state index in [1.807, 2.05) is 31.2 Å². The highest BCUT2D eigenvalue weighted by molar-refractivity contribution is 7.92. The SMILES string of the molecule is CC1Cc2ccccc2N1S(=O)(=O)c1cccc(C(=O)NC2CCCNC2)c1.Cl. The molecule has 0 spiro atoms. The average Bonchev–Trinajstić information content (AvgIpc) is 3.05. The van der Waals surface area contributed by atoms with Crippen LogP contribution in [0.4, 0.5) is 5.69 Å². The monoisotopic (exact) mass is 435 g/mol. The summed E-state index contributed by atoms with van der Waals surface area (Å²) < 4.78 is 28.2. The minimum atomic E-state index is -3.75. The molecule has 1 amide bonds. The Balaban J connectivity index is 0.00000240.